The molecule has 0 aliphatic carbocycles. The summed E-state index contributed by atoms with van der Waals surface area (Å²) in [6.45, 7) is 4.07. The second kappa shape index (κ2) is 8.41. The minimum atomic E-state index is -0.533. The molecule has 0 N–H and O–H groups in total. The Kier molecular flexibility index (Phi) is 5.98. The van der Waals surface area contributed by atoms with Crippen LogP contribution >= 0.6 is 11.6 Å². The van der Waals surface area contributed by atoms with E-state index in [-0.39, 0.29) is 11.3 Å². The van der Waals surface area contributed by atoms with E-state index in [1.165, 1.54) is 0 Å². The van der Waals surface area contributed by atoms with Crippen molar-refractivity contribution >= 4 is 17.6 Å². The Bertz CT molecular complexity index is 861. The molecular weight excluding hydrogens is 356 g/mol. The van der Waals surface area contributed by atoms with Crippen LogP contribution in [0.15, 0.2) is 91.0 Å². The van der Waals surface area contributed by atoms with Crippen LogP contribution in [-0.2, 0) is 4.74 Å². The van der Waals surface area contributed by atoms with E-state index < -0.39 is 11.5 Å². The van der Waals surface area contributed by atoms with Crippen molar-refractivity contribution in [2.75, 3.05) is 0 Å². The van der Waals surface area contributed by atoms with Gasteiger partial charge in [-0.15, -0.1) is 11.6 Å². The molecule has 138 valence electrons. The minimum absolute atomic E-state index is 0.326. The maximum Gasteiger partial charge on any atom is 0.338 e. The van der Waals surface area contributed by atoms with Gasteiger partial charge in [0.2, 0.25) is 0 Å². The standard InChI is InChI=1S/C24H23ClO2/c1-24(2,21(25)18-12-6-3-7-13-18)22(19-14-8-4-9-15-19)27-23(26)20-16-10-5-11-17-20/h3-17,21-22H,1-2H3/t21-,22-/m1/s1. The van der Waals surface area contributed by atoms with Crippen molar-refractivity contribution in [1.29, 1.82) is 0 Å². The van der Waals surface area contributed by atoms with Gasteiger partial charge in [-0.2, -0.15) is 0 Å². The Hall–Kier alpha value is -2.58. The lowest BCUT2D eigenvalue weighted by atomic mass is 9.77. The third-order valence-corrected chi connectivity index (χ3v) is 5.57. The van der Waals surface area contributed by atoms with Crippen molar-refractivity contribution in [3.8, 4) is 0 Å². The molecule has 0 spiro atoms. The van der Waals surface area contributed by atoms with E-state index in [0.717, 1.165) is 11.1 Å². The Morgan fingerprint density at radius 2 is 1.22 bits per heavy atom. The molecule has 3 aromatic carbocycles. The number of rotatable bonds is 6. The van der Waals surface area contributed by atoms with Crippen molar-refractivity contribution in [3.63, 3.8) is 0 Å². The highest BCUT2D eigenvalue weighted by molar-refractivity contribution is 6.21. The van der Waals surface area contributed by atoms with E-state index in [1.807, 2.05) is 92.7 Å². The monoisotopic (exact) mass is 378 g/mol. The summed E-state index contributed by atoms with van der Waals surface area (Å²) >= 11 is 6.88. The number of carbonyl (C=O) groups is 1. The molecule has 0 aliphatic heterocycles. The summed E-state index contributed by atoms with van der Waals surface area (Å²) in [7, 11) is 0. The maximum atomic E-state index is 12.8. The fraction of sp³-hybridized carbons (Fsp3) is 0.208. The zero-order valence-electron chi connectivity index (χ0n) is 15.5. The number of hydrogen-bond donors (Lipinski definition) is 0. The highest BCUT2D eigenvalue weighted by Gasteiger charge is 2.41. The molecule has 2 nitrogen and oxygen atoms in total. The van der Waals surface area contributed by atoms with Crippen molar-refractivity contribution in [2.45, 2.75) is 25.3 Å². The number of esters is 1. The van der Waals surface area contributed by atoms with E-state index in [2.05, 4.69) is 0 Å². The zero-order chi connectivity index (χ0) is 19.3. The van der Waals surface area contributed by atoms with E-state index in [1.54, 1.807) is 12.1 Å². The first kappa shape index (κ1) is 19.2. The zero-order valence-corrected chi connectivity index (χ0v) is 16.3. The van der Waals surface area contributed by atoms with Gasteiger partial charge in [-0.05, 0) is 23.3 Å². The number of ether oxygens (including phenoxy) is 1. The number of benzene rings is 3. The first-order valence-corrected chi connectivity index (χ1v) is 9.44. The molecule has 0 fully saturated rings. The van der Waals surface area contributed by atoms with E-state index in [9.17, 15) is 4.79 Å². The third kappa shape index (κ3) is 4.40. The molecule has 0 aromatic heterocycles. The Labute approximate surface area is 165 Å². The van der Waals surface area contributed by atoms with Gasteiger partial charge in [-0.1, -0.05) is 92.7 Å². The van der Waals surface area contributed by atoms with E-state index in [4.69, 9.17) is 16.3 Å². The molecular formula is C24H23ClO2. The first-order valence-electron chi connectivity index (χ1n) is 9.00. The van der Waals surface area contributed by atoms with Crippen LogP contribution in [0.4, 0.5) is 0 Å². The van der Waals surface area contributed by atoms with Crippen LogP contribution in [-0.4, -0.2) is 5.97 Å². The summed E-state index contributed by atoms with van der Waals surface area (Å²) in [5.41, 5.74) is 1.92. The molecule has 3 rings (SSSR count). The highest BCUT2D eigenvalue weighted by atomic mass is 35.5. The molecule has 0 aliphatic rings. The summed E-state index contributed by atoms with van der Waals surface area (Å²) in [6.07, 6.45) is -0.492. The number of halogens is 1. The van der Waals surface area contributed by atoms with Crippen LogP contribution in [0, 0.1) is 5.41 Å². The van der Waals surface area contributed by atoms with Crippen LogP contribution < -0.4 is 0 Å². The fourth-order valence-corrected chi connectivity index (χ4v) is 3.47. The van der Waals surface area contributed by atoms with Crippen molar-refractivity contribution in [2.24, 2.45) is 5.41 Å². The van der Waals surface area contributed by atoms with Gasteiger partial charge >= 0.3 is 5.97 Å². The lowest BCUT2D eigenvalue weighted by molar-refractivity contribution is -0.0109. The van der Waals surface area contributed by atoms with Crippen molar-refractivity contribution in [3.05, 3.63) is 108 Å². The topological polar surface area (TPSA) is 26.3 Å². The van der Waals surface area contributed by atoms with Crippen LogP contribution in [0.25, 0.3) is 0 Å². The maximum absolute atomic E-state index is 12.8. The SMILES string of the molecule is CC(C)([C@H](Cl)c1ccccc1)[C@H](OC(=O)c1ccccc1)c1ccccc1. The van der Waals surface area contributed by atoms with Crippen LogP contribution in [0.5, 0.6) is 0 Å². The highest BCUT2D eigenvalue weighted by Crippen LogP contribution is 2.49. The van der Waals surface area contributed by atoms with Crippen LogP contribution in [0.1, 0.15) is 46.8 Å². The summed E-state index contributed by atoms with van der Waals surface area (Å²) < 4.78 is 6.01. The predicted octanol–water partition coefficient (Wildman–Crippen LogP) is 6.59. The molecule has 0 saturated carbocycles. The van der Waals surface area contributed by atoms with Gasteiger partial charge in [-0.3, -0.25) is 0 Å². The van der Waals surface area contributed by atoms with Gasteiger partial charge in [0.25, 0.3) is 0 Å². The van der Waals surface area contributed by atoms with Gasteiger partial charge in [0.15, 0.2) is 0 Å². The second-order valence-corrected chi connectivity index (χ2v) is 7.59. The second-order valence-electron chi connectivity index (χ2n) is 7.16. The predicted molar refractivity (Wildman–Crippen MR) is 110 cm³/mol. The molecule has 2 atom stereocenters. The number of alkyl halides is 1. The van der Waals surface area contributed by atoms with Crippen molar-refractivity contribution in [1.82, 2.24) is 0 Å². The number of carbonyl (C=O) groups excluding carboxylic acids is 1. The molecule has 27 heavy (non-hydrogen) atoms. The average Bonchev–Trinajstić information content (AvgIpc) is 2.73. The van der Waals surface area contributed by atoms with Crippen LogP contribution in [0.3, 0.4) is 0 Å². The molecule has 0 amide bonds. The van der Waals surface area contributed by atoms with E-state index in [0.29, 0.717) is 5.56 Å². The molecule has 0 heterocycles. The molecule has 0 bridgehead atoms. The largest absolute Gasteiger partial charge is 0.453 e. The van der Waals surface area contributed by atoms with Gasteiger partial charge in [0.1, 0.15) is 6.10 Å². The quantitative estimate of drug-likeness (QED) is 0.357. The number of hydrogen-bond acceptors (Lipinski definition) is 2. The normalized spacial score (nSPS) is 13.6. The molecule has 0 saturated heterocycles. The fourth-order valence-electron chi connectivity index (χ4n) is 3.21. The summed E-state index contributed by atoms with van der Waals surface area (Å²) in [5, 5.41) is -0.326. The van der Waals surface area contributed by atoms with Crippen LogP contribution in [0.2, 0.25) is 0 Å². The first-order chi connectivity index (χ1) is 13.0. The Morgan fingerprint density at radius 1 is 0.778 bits per heavy atom. The average molecular weight is 379 g/mol. The van der Waals surface area contributed by atoms with Gasteiger partial charge in [0.05, 0.1) is 10.9 Å². The summed E-state index contributed by atoms with van der Waals surface area (Å²) in [6, 6.07) is 28.7. The minimum Gasteiger partial charge on any atom is -0.453 e. The molecule has 3 aromatic rings. The van der Waals surface area contributed by atoms with Gasteiger partial charge < -0.3 is 4.74 Å². The molecule has 0 radical (unpaired) electrons. The lowest BCUT2D eigenvalue weighted by Gasteiger charge is -2.38. The van der Waals surface area contributed by atoms with Gasteiger partial charge in [-0.25, -0.2) is 4.79 Å². The van der Waals surface area contributed by atoms with E-state index >= 15 is 0 Å². The van der Waals surface area contributed by atoms with Crippen molar-refractivity contribution < 1.29 is 9.53 Å². The molecule has 0 unspecified atom stereocenters. The van der Waals surface area contributed by atoms with Gasteiger partial charge in [0, 0.05) is 5.41 Å². The summed E-state index contributed by atoms with van der Waals surface area (Å²) in [5.74, 6) is -0.352. The smallest absolute Gasteiger partial charge is 0.338 e. The summed E-state index contributed by atoms with van der Waals surface area (Å²) in [4.78, 5) is 12.8. The Balaban J connectivity index is 1.95. The Morgan fingerprint density at radius 3 is 1.74 bits per heavy atom. The lowest BCUT2D eigenvalue weighted by Crippen LogP contribution is -2.31. The third-order valence-electron chi connectivity index (χ3n) is 4.76. The molecule has 3 heteroatoms.